The normalized spacial score (nSPS) is 17.3. The van der Waals surface area contributed by atoms with Crippen molar-refractivity contribution in [3.63, 3.8) is 0 Å². The van der Waals surface area contributed by atoms with Gasteiger partial charge >= 0.3 is 0 Å². The maximum atomic E-state index is 12.7. The number of carbonyl (C=O) groups excluding carboxylic acids is 2. The number of anilines is 2. The molecule has 1 aliphatic heterocycles. The van der Waals surface area contributed by atoms with E-state index in [-0.39, 0.29) is 29.6 Å². The summed E-state index contributed by atoms with van der Waals surface area (Å²) in [5, 5.41) is 3.55. The van der Waals surface area contributed by atoms with Gasteiger partial charge in [-0.2, -0.15) is 0 Å². The van der Waals surface area contributed by atoms with E-state index in [1.807, 2.05) is 43.3 Å². The average Bonchev–Trinajstić information content (AvgIpc) is 2.99. The Labute approximate surface area is 165 Å². The minimum absolute atomic E-state index is 0.0522. The van der Waals surface area contributed by atoms with Gasteiger partial charge in [-0.1, -0.05) is 50.6 Å². The van der Waals surface area contributed by atoms with Crippen molar-refractivity contribution in [3.8, 4) is 0 Å². The SMILES string of the molecule is Cc1c(Cl)cccc1N1CC(C(=O)Nc2ccc(C(C)(C)C)cc2)CC1=O. The first-order valence-electron chi connectivity index (χ1n) is 9.13. The van der Waals surface area contributed by atoms with Gasteiger partial charge in [0.2, 0.25) is 11.8 Å². The number of amides is 2. The van der Waals surface area contributed by atoms with Crippen LogP contribution in [0.25, 0.3) is 0 Å². The maximum absolute atomic E-state index is 12.7. The molecule has 1 heterocycles. The van der Waals surface area contributed by atoms with E-state index >= 15 is 0 Å². The molecule has 5 heteroatoms. The lowest BCUT2D eigenvalue weighted by Gasteiger charge is -2.20. The first-order chi connectivity index (χ1) is 12.7. The molecule has 4 nitrogen and oxygen atoms in total. The molecule has 1 N–H and O–H groups in total. The van der Waals surface area contributed by atoms with Crippen LogP contribution in [0.4, 0.5) is 11.4 Å². The molecule has 2 aromatic rings. The van der Waals surface area contributed by atoms with Gasteiger partial charge in [0.15, 0.2) is 0 Å². The molecule has 1 unspecified atom stereocenters. The summed E-state index contributed by atoms with van der Waals surface area (Å²) in [4.78, 5) is 26.8. The Morgan fingerprint density at radius 2 is 1.81 bits per heavy atom. The zero-order chi connectivity index (χ0) is 19.8. The molecule has 0 spiro atoms. The highest BCUT2D eigenvalue weighted by atomic mass is 35.5. The van der Waals surface area contributed by atoms with Crippen LogP contribution in [-0.4, -0.2) is 18.4 Å². The molecule has 0 radical (unpaired) electrons. The standard InChI is InChI=1S/C22H25ClN2O2/c1-14-18(23)6-5-7-19(14)25-13-15(12-20(25)26)21(27)24-17-10-8-16(9-11-17)22(2,3)4/h5-11,15H,12-13H2,1-4H3,(H,24,27). The summed E-state index contributed by atoms with van der Waals surface area (Å²) < 4.78 is 0. The predicted molar refractivity (Wildman–Crippen MR) is 110 cm³/mol. The third-order valence-corrected chi connectivity index (χ3v) is 5.45. The fourth-order valence-corrected chi connectivity index (χ4v) is 3.47. The highest BCUT2D eigenvalue weighted by Gasteiger charge is 2.35. The number of halogens is 1. The van der Waals surface area contributed by atoms with Gasteiger partial charge in [0.1, 0.15) is 0 Å². The largest absolute Gasteiger partial charge is 0.326 e. The molecule has 0 aromatic heterocycles. The number of benzene rings is 2. The summed E-state index contributed by atoms with van der Waals surface area (Å²) in [5.74, 6) is -0.559. The zero-order valence-corrected chi connectivity index (χ0v) is 16.9. The van der Waals surface area contributed by atoms with Gasteiger partial charge in [-0.15, -0.1) is 0 Å². The lowest BCUT2D eigenvalue weighted by Crippen LogP contribution is -2.28. The smallest absolute Gasteiger partial charge is 0.229 e. The summed E-state index contributed by atoms with van der Waals surface area (Å²) in [5.41, 5.74) is 3.65. The molecule has 27 heavy (non-hydrogen) atoms. The van der Waals surface area contributed by atoms with E-state index in [2.05, 4.69) is 26.1 Å². The Hall–Kier alpha value is -2.33. The molecule has 2 amide bonds. The molecule has 2 aromatic carbocycles. The Kier molecular flexibility index (Phi) is 5.29. The van der Waals surface area contributed by atoms with Gasteiger partial charge in [-0.25, -0.2) is 0 Å². The van der Waals surface area contributed by atoms with Crippen LogP contribution in [0.2, 0.25) is 5.02 Å². The Morgan fingerprint density at radius 1 is 1.15 bits per heavy atom. The summed E-state index contributed by atoms with van der Waals surface area (Å²) in [7, 11) is 0. The fraction of sp³-hybridized carbons (Fsp3) is 0.364. The van der Waals surface area contributed by atoms with Crippen LogP contribution < -0.4 is 10.2 Å². The Balaban J connectivity index is 1.70. The lowest BCUT2D eigenvalue weighted by molar-refractivity contribution is -0.122. The number of carbonyl (C=O) groups is 2. The Bertz CT molecular complexity index is 869. The summed E-state index contributed by atoms with van der Waals surface area (Å²) in [6.45, 7) is 8.70. The van der Waals surface area contributed by atoms with Crippen LogP contribution in [0.1, 0.15) is 38.3 Å². The van der Waals surface area contributed by atoms with Gasteiger partial charge < -0.3 is 10.2 Å². The van der Waals surface area contributed by atoms with Crippen molar-refractivity contribution in [2.24, 2.45) is 5.92 Å². The number of nitrogens with one attached hydrogen (secondary N) is 1. The molecule has 142 valence electrons. The van der Waals surface area contributed by atoms with Crippen molar-refractivity contribution in [3.05, 3.63) is 58.6 Å². The van der Waals surface area contributed by atoms with E-state index in [4.69, 9.17) is 11.6 Å². The van der Waals surface area contributed by atoms with E-state index in [9.17, 15) is 9.59 Å². The highest BCUT2D eigenvalue weighted by Crippen LogP contribution is 2.32. The van der Waals surface area contributed by atoms with E-state index in [1.165, 1.54) is 5.56 Å². The summed E-state index contributed by atoms with van der Waals surface area (Å²) in [6, 6.07) is 13.4. The Morgan fingerprint density at radius 3 is 2.44 bits per heavy atom. The summed E-state index contributed by atoms with van der Waals surface area (Å²) in [6.07, 6.45) is 0.206. The van der Waals surface area contributed by atoms with Crippen molar-refractivity contribution in [2.75, 3.05) is 16.8 Å². The molecule has 0 aliphatic carbocycles. The summed E-state index contributed by atoms with van der Waals surface area (Å²) >= 11 is 6.17. The lowest BCUT2D eigenvalue weighted by atomic mass is 9.87. The van der Waals surface area contributed by atoms with Crippen LogP contribution in [0.5, 0.6) is 0 Å². The van der Waals surface area contributed by atoms with Crippen molar-refractivity contribution < 1.29 is 9.59 Å². The number of hydrogen-bond donors (Lipinski definition) is 1. The van der Waals surface area contributed by atoms with Crippen LogP contribution in [-0.2, 0) is 15.0 Å². The van der Waals surface area contributed by atoms with Gasteiger partial charge in [0, 0.05) is 29.4 Å². The predicted octanol–water partition coefficient (Wildman–Crippen LogP) is 4.94. The second-order valence-corrected chi connectivity index (χ2v) is 8.51. The van der Waals surface area contributed by atoms with Crippen LogP contribution in [0.3, 0.4) is 0 Å². The molecule has 1 fully saturated rings. The maximum Gasteiger partial charge on any atom is 0.229 e. The minimum atomic E-state index is -0.377. The third-order valence-electron chi connectivity index (χ3n) is 5.04. The zero-order valence-electron chi connectivity index (χ0n) is 16.2. The molecular formula is C22H25ClN2O2. The van der Waals surface area contributed by atoms with Crippen LogP contribution in [0.15, 0.2) is 42.5 Å². The molecular weight excluding hydrogens is 360 g/mol. The van der Waals surface area contributed by atoms with Crippen LogP contribution >= 0.6 is 11.6 Å². The number of nitrogens with zero attached hydrogens (tertiary/aromatic N) is 1. The van der Waals surface area contributed by atoms with E-state index in [0.29, 0.717) is 11.6 Å². The molecule has 0 bridgehead atoms. The van der Waals surface area contributed by atoms with E-state index < -0.39 is 0 Å². The monoisotopic (exact) mass is 384 g/mol. The number of hydrogen-bond acceptors (Lipinski definition) is 2. The number of rotatable bonds is 3. The average molecular weight is 385 g/mol. The fourth-order valence-electron chi connectivity index (χ4n) is 3.30. The molecule has 1 atom stereocenters. The third kappa shape index (κ3) is 4.16. The molecule has 0 saturated carbocycles. The van der Waals surface area contributed by atoms with Crippen LogP contribution in [0, 0.1) is 12.8 Å². The second kappa shape index (κ2) is 7.35. The van der Waals surface area contributed by atoms with E-state index in [0.717, 1.165) is 16.9 Å². The first-order valence-corrected chi connectivity index (χ1v) is 9.51. The topological polar surface area (TPSA) is 49.4 Å². The molecule has 3 rings (SSSR count). The van der Waals surface area contributed by atoms with Crippen molar-refractivity contribution >= 4 is 34.8 Å². The van der Waals surface area contributed by atoms with Crippen molar-refractivity contribution in [2.45, 2.75) is 39.5 Å². The minimum Gasteiger partial charge on any atom is -0.326 e. The van der Waals surface area contributed by atoms with Gasteiger partial charge in [0.05, 0.1) is 5.92 Å². The van der Waals surface area contributed by atoms with Gasteiger partial charge in [-0.05, 0) is 47.7 Å². The highest BCUT2D eigenvalue weighted by molar-refractivity contribution is 6.31. The van der Waals surface area contributed by atoms with Gasteiger partial charge in [-0.3, -0.25) is 9.59 Å². The first kappa shape index (κ1) is 19.4. The molecule has 1 aliphatic rings. The molecule has 1 saturated heterocycles. The van der Waals surface area contributed by atoms with E-state index in [1.54, 1.807) is 11.0 Å². The van der Waals surface area contributed by atoms with Gasteiger partial charge in [0.25, 0.3) is 0 Å². The van der Waals surface area contributed by atoms with Crippen molar-refractivity contribution in [1.82, 2.24) is 0 Å². The quantitative estimate of drug-likeness (QED) is 0.814. The van der Waals surface area contributed by atoms with Crippen molar-refractivity contribution in [1.29, 1.82) is 0 Å². The second-order valence-electron chi connectivity index (χ2n) is 8.11.